The van der Waals surface area contributed by atoms with Crippen LogP contribution >= 0.6 is 0 Å². The molecule has 1 aliphatic heterocycles. The van der Waals surface area contributed by atoms with Crippen LogP contribution in [0, 0.1) is 5.92 Å². The van der Waals surface area contributed by atoms with E-state index in [0.29, 0.717) is 18.0 Å². The first kappa shape index (κ1) is 13.4. The third-order valence-electron chi connectivity index (χ3n) is 4.60. The molecule has 108 valence electrons. The normalized spacial score (nSPS) is 26.4. The van der Waals surface area contributed by atoms with Gasteiger partial charge in [0.1, 0.15) is 11.5 Å². The third kappa shape index (κ3) is 2.28. The second kappa shape index (κ2) is 5.43. The summed E-state index contributed by atoms with van der Waals surface area (Å²) in [5.74, 6) is 1.59. The van der Waals surface area contributed by atoms with Gasteiger partial charge in [-0.05, 0) is 37.8 Å². The number of Topliss-reactive ketones (excluding diaryl/α,β-unsaturated/α-hetero) is 1. The topological polar surface area (TPSA) is 50.5 Å². The first-order valence-electron chi connectivity index (χ1n) is 7.63. The largest absolute Gasteiger partial charge is 0.456 e. The molecule has 1 aromatic heterocycles. The molecule has 1 aromatic rings. The molecular formula is C16H21NO3. The van der Waals surface area contributed by atoms with Gasteiger partial charge in [0, 0.05) is 31.3 Å². The van der Waals surface area contributed by atoms with Crippen LogP contribution in [0.2, 0.25) is 0 Å². The second-order valence-electron chi connectivity index (χ2n) is 5.79. The Labute approximate surface area is 119 Å². The monoisotopic (exact) mass is 275 g/mol. The summed E-state index contributed by atoms with van der Waals surface area (Å²) >= 11 is 0. The fraction of sp³-hybridized carbons (Fsp3) is 0.625. The van der Waals surface area contributed by atoms with Crippen molar-refractivity contribution in [1.82, 2.24) is 4.90 Å². The van der Waals surface area contributed by atoms with Crippen LogP contribution in [0.4, 0.5) is 0 Å². The van der Waals surface area contributed by atoms with Gasteiger partial charge >= 0.3 is 0 Å². The number of hydrogen-bond acceptors (Lipinski definition) is 3. The molecule has 2 heterocycles. The molecule has 3 rings (SSSR count). The number of furan rings is 1. The zero-order valence-corrected chi connectivity index (χ0v) is 11.9. The van der Waals surface area contributed by atoms with Crippen molar-refractivity contribution in [1.29, 1.82) is 0 Å². The summed E-state index contributed by atoms with van der Waals surface area (Å²) in [7, 11) is 0. The minimum absolute atomic E-state index is 0.0492. The van der Waals surface area contributed by atoms with E-state index in [1.54, 1.807) is 6.07 Å². The Morgan fingerprint density at radius 2 is 2.20 bits per heavy atom. The van der Waals surface area contributed by atoms with E-state index in [1.165, 1.54) is 0 Å². The highest BCUT2D eigenvalue weighted by atomic mass is 16.4. The van der Waals surface area contributed by atoms with E-state index in [1.807, 2.05) is 17.9 Å². The lowest BCUT2D eigenvalue weighted by atomic mass is 9.95. The maximum absolute atomic E-state index is 12.6. The van der Waals surface area contributed by atoms with Crippen LogP contribution in [-0.4, -0.2) is 29.2 Å². The number of rotatable bonds is 3. The van der Waals surface area contributed by atoms with Crippen LogP contribution in [-0.2, 0) is 11.2 Å². The standard InChI is InChI=1S/C16H21NO3/c1-2-11-8-9-15(20-11)16(19)17-10-4-6-13(17)12-5-3-7-14(12)18/h8-9,12-13H,2-7,10H2,1H3. The maximum Gasteiger partial charge on any atom is 0.289 e. The Hall–Kier alpha value is -1.58. The van der Waals surface area contributed by atoms with Crippen molar-refractivity contribution in [2.45, 2.75) is 51.5 Å². The molecular weight excluding hydrogens is 254 g/mol. The molecule has 4 heteroatoms. The zero-order chi connectivity index (χ0) is 14.1. The lowest BCUT2D eigenvalue weighted by Crippen LogP contribution is -2.41. The van der Waals surface area contributed by atoms with Gasteiger partial charge in [-0.3, -0.25) is 9.59 Å². The van der Waals surface area contributed by atoms with E-state index >= 15 is 0 Å². The Morgan fingerprint density at radius 1 is 1.35 bits per heavy atom. The Balaban J connectivity index is 1.77. The zero-order valence-electron chi connectivity index (χ0n) is 11.9. The number of ketones is 1. The summed E-state index contributed by atoms with van der Waals surface area (Å²) in [5.41, 5.74) is 0. The summed E-state index contributed by atoms with van der Waals surface area (Å²) in [6.07, 6.45) is 5.32. The number of nitrogens with zero attached hydrogens (tertiary/aromatic N) is 1. The average Bonchev–Trinajstić information content (AvgIpc) is 3.17. The van der Waals surface area contributed by atoms with E-state index < -0.39 is 0 Å². The summed E-state index contributed by atoms with van der Waals surface area (Å²) < 4.78 is 5.57. The van der Waals surface area contributed by atoms with E-state index in [9.17, 15) is 9.59 Å². The predicted molar refractivity (Wildman–Crippen MR) is 74.5 cm³/mol. The Bertz CT molecular complexity index is 520. The van der Waals surface area contributed by atoms with Crippen molar-refractivity contribution >= 4 is 11.7 Å². The third-order valence-corrected chi connectivity index (χ3v) is 4.60. The number of hydrogen-bond donors (Lipinski definition) is 0. The summed E-state index contributed by atoms with van der Waals surface area (Å²) in [5, 5.41) is 0. The second-order valence-corrected chi connectivity index (χ2v) is 5.79. The van der Waals surface area contributed by atoms with Gasteiger partial charge in [0.05, 0.1) is 0 Å². The number of carbonyl (C=O) groups is 2. The summed E-state index contributed by atoms with van der Waals surface area (Å²) in [4.78, 5) is 26.4. The average molecular weight is 275 g/mol. The summed E-state index contributed by atoms with van der Waals surface area (Å²) in [6.45, 7) is 2.75. The Kier molecular flexibility index (Phi) is 3.64. The molecule has 0 aromatic carbocycles. The molecule has 0 radical (unpaired) electrons. The molecule has 2 aliphatic rings. The van der Waals surface area contributed by atoms with Gasteiger partial charge in [-0.1, -0.05) is 6.92 Å². The molecule has 0 bridgehead atoms. The van der Waals surface area contributed by atoms with Crippen molar-refractivity contribution in [3.05, 3.63) is 23.7 Å². The fourth-order valence-corrected chi connectivity index (χ4v) is 3.54. The highest BCUT2D eigenvalue weighted by Crippen LogP contribution is 2.34. The first-order chi connectivity index (χ1) is 9.70. The highest BCUT2D eigenvalue weighted by molar-refractivity contribution is 5.93. The fourth-order valence-electron chi connectivity index (χ4n) is 3.54. The van der Waals surface area contributed by atoms with Gasteiger partial charge in [0.15, 0.2) is 5.76 Å². The highest BCUT2D eigenvalue weighted by Gasteiger charge is 2.40. The molecule has 20 heavy (non-hydrogen) atoms. The maximum atomic E-state index is 12.6. The van der Waals surface area contributed by atoms with Crippen LogP contribution in [0.1, 0.15) is 55.3 Å². The van der Waals surface area contributed by atoms with E-state index in [2.05, 4.69) is 0 Å². The van der Waals surface area contributed by atoms with Crippen molar-refractivity contribution in [3.63, 3.8) is 0 Å². The van der Waals surface area contributed by atoms with Crippen molar-refractivity contribution in [2.24, 2.45) is 5.92 Å². The van der Waals surface area contributed by atoms with Gasteiger partial charge in [-0.15, -0.1) is 0 Å². The molecule has 1 saturated heterocycles. The van der Waals surface area contributed by atoms with E-state index in [0.717, 1.165) is 44.4 Å². The molecule has 1 aliphatic carbocycles. The minimum Gasteiger partial charge on any atom is -0.456 e. The van der Waals surface area contributed by atoms with Crippen LogP contribution in [0.5, 0.6) is 0 Å². The SMILES string of the molecule is CCc1ccc(C(=O)N2CCCC2C2CCCC2=O)o1. The first-order valence-corrected chi connectivity index (χ1v) is 7.63. The van der Waals surface area contributed by atoms with Gasteiger partial charge in [-0.25, -0.2) is 0 Å². The lowest BCUT2D eigenvalue weighted by Gasteiger charge is -2.27. The van der Waals surface area contributed by atoms with E-state index in [-0.39, 0.29) is 17.9 Å². The number of carbonyl (C=O) groups excluding carboxylic acids is 2. The van der Waals surface area contributed by atoms with Crippen LogP contribution in [0.25, 0.3) is 0 Å². The predicted octanol–water partition coefficient (Wildman–Crippen LogP) is 2.82. The number of amides is 1. The molecule has 1 saturated carbocycles. The molecule has 2 unspecified atom stereocenters. The molecule has 0 spiro atoms. The molecule has 2 atom stereocenters. The van der Waals surface area contributed by atoms with Gasteiger partial charge in [-0.2, -0.15) is 0 Å². The molecule has 4 nitrogen and oxygen atoms in total. The molecule has 0 N–H and O–H groups in total. The van der Waals surface area contributed by atoms with Crippen LogP contribution in [0.3, 0.4) is 0 Å². The smallest absolute Gasteiger partial charge is 0.289 e. The quantitative estimate of drug-likeness (QED) is 0.852. The molecule has 1 amide bonds. The summed E-state index contributed by atoms with van der Waals surface area (Å²) in [6, 6.07) is 3.71. The molecule has 2 fully saturated rings. The van der Waals surface area contributed by atoms with Crippen LogP contribution < -0.4 is 0 Å². The van der Waals surface area contributed by atoms with Crippen molar-refractivity contribution < 1.29 is 14.0 Å². The van der Waals surface area contributed by atoms with Gasteiger partial charge < -0.3 is 9.32 Å². The number of aryl methyl sites for hydroxylation is 1. The van der Waals surface area contributed by atoms with E-state index in [4.69, 9.17) is 4.42 Å². The van der Waals surface area contributed by atoms with Crippen molar-refractivity contribution in [2.75, 3.05) is 6.54 Å². The lowest BCUT2D eigenvalue weighted by molar-refractivity contribution is -0.121. The Morgan fingerprint density at radius 3 is 2.85 bits per heavy atom. The van der Waals surface area contributed by atoms with Crippen molar-refractivity contribution in [3.8, 4) is 0 Å². The number of likely N-dealkylation sites (tertiary alicyclic amines) is 1. The minimum atomic E-state index is -0.0492. The van der Waals surface area contributed by atoms with Gasteiger partial charge in [0.2, 0.25) is 0 Å². The van der Waals surface area contributed by atoms with Crippen LogP contribution in [0.15, 0.2) is 16.5 Å². The van der Waals surface area contributed by atoms with Gasteiger partial charge in [0.25, 0.3) is 5.91 Å².